The molecule has 0 radical (unpaired) electrons. The molecule has 0 aliphatic rings. The van der Waals surface area contributed by atoms with Gasteiger partial charge in [0.05, 0.1) is 16.5 Å². The topological polar surface area (TPSA) is 66.4 Å². The van der Waals surface area contributed by atoms with Crippen molar-refractivity contribution in [1.29, 1.82) is 0 Å². The Labute approximate surface area is 102 Å². The summed E-state index contributed by atoms with van der Waals surface area (Å²) in [5.41, 5.74) is 0.116. The van der Waals surface area contributed by atoms with Crippen LogP contribution < -0.4 is 5.32 Å². The molecule has 1 amide bonds. The first-order chi connectivity index (χ1) is 7.91. The lowest BCUT2D eigenvalue weighted by Crippen LogP contribution is -2.31. The second kappa shape index (κ2) is 5.63. The van der Waals surface area contributed by atoms with E-state index < -0.39 is 23.6 Å². The van der Waals surface area contributed by atoms with E-state index in [4.69, 9.17) is 16.7 Å². The maximum absolute atomic E-state index is 12.7. The Hall–Kier alpha value is -1.62. The fraction of sp³-hybridized carbons (Fsp3) is 0.273. The molecule has 1 atom stereocenters. The van der Waals surface area contributed by atoms with Gasteiger partial charge in [0, 0.05) is 6.54 Å². The van der Waals surface area contributed by atoms with Crippen molar-refractivity contribution in [1.82, 2.24) is 5.32 Å². The van der Waals surface area contributed by atoms with Crippen LogP contribution in [0.25, 0.3) is 0 Å². The molecule has 1 aromatic rings. The summed E-state index contributed by atoms with van der Waals surface area (Å²) in [4.78, 5) is 22.1. The molecule has 0 fully saturated rings. The predicted octanol–water partition coefficient (Wildman–Crippen LogP) is 1.93. The summed E-state index contributed by atoms with van der Waals surface area (Å²) in [7, 11) is 0. The van der Waals surface area contributed by atoms with Gasteiger partial charge in [-0.15, -0.1) is 0 Å². The third-order valence-electron chi connectivity index (χ3n) is 2.17. The standard InChI is InChI=1S/C11H11ClFNO3/c1-6(11(16)17)5-14-10(15)8-3-2-7(13)4-9(8)12/h2-4,6H,5H2,1H3,(H,14,15)(H,16,17). The highest BCUT2D eigenvalue weighted by Crippen LogP contribution is 2.16. The smallest absolute Gasteiger partial charge is 0.308 e. The number of nitrogens with one attached hydrogen (secondary N) is 1. The molecular weight excluding hydrogens is 249 g/mol. The van der Waals surface area contributed by atoms with E-state index in [1.807, 2.05) is 0 Å². The molecule has 0 bridgehead atoms. The molecule has 1 unspecified atom stereocenters. The molecule has 0 aliphatic heterocycles. The third-order valence-corrected chi connectivity index (χ3v) is 2.48. The van der Waals surface area contributed by atoms with E-state index in [1.54, 1.807) is 0 Å². The summed E-state index contributed by atoms with van der Waals surface area (Å²) in [6.45, 7) is 1.46. The van der Waals surface area contributed by atoms with Gasteiger partial charge in [-0.3, -0.25) is 9.59 Å². The van der Waals surface area contributed by atoms with E-state index in [1.165, 1.54) is 13.0 Å². The quantitative estimate of drug-likeness (QED) is 0.868. The Morgan fingerprint density at radius 2 is 2.18 bits per heavy atom. The number of rotatable bonds is 4. The van der Waals surface area contributed by atoms with Gasteiger partial charge in [0.25, 0.3) is 5.91 Å². The largest absolute Gasteiger partial charge is 0.481 e. The van der Waals surface area contributed by atoms with E-state index in [-0.39, 0.29) is 17.1 Å². The molecule has 92 valence electrons. The van der Waals surface area contributed by atoms with Crippen molar-refractivity contribution < 1.29 is 19.1 Å². The van der Waals surface area contributed by atoms with Crippen LogP contribution in [-0.2, 0) is 4.79 Å². The lowest BCUT2D eigenvalue weighted by Gasteiger charge is -2.09. The maximum Gasteiger partial charge on any atom is 0.308 e. The number of halogens is 2. The summed E-state index contributed by atoms with van der Waals surface area (Å²) < 4.78 is 12.7. The zero-order valence-corrected chi connectivity index (χ0v) is 9.79. The Balaban J connectivity index is 2.67. The maximum atomic E-state index is 12.7. The Morgan fingerprint density at radius 3 is 2.71 bits per heavy atom. The predicted molar refractivity (Wildman–Crippen MR) is 60.5 cm³/mol. The molecule has 1 aromatic carbocycles. The third kappa shape index (κ3) is 3.71. The minimum absolute atomic E-state index is 0.00882. The monoisotopic (exact) mass is 259 g/mol. The highest BCUT2D eigenvalue weighted by molar-refractivity contribution is 6.33. The highest BCUT2D eigenvalue weighted by atomic mass is 35.5. The minimum atomic E-state index is -1.00. The van der Waals surface area contributed by atoms with E-state index in [9.17, 15) is 14.0 Å². The van der Waals surface area contributed by atoms with Crippen LogP contribution in [0.2, 0.25) is 5.02 Å². The number of benzene rings is 1. The molecule has 1 rings (SSSR count). The number of hydrogen-bond acceptors (Lipinski definition) is 2. The number of amides is 1. The van der Waals surface area contributed by atoms with Crippen LogP contribution in [0.4, 0.5) is 4.39 Å². The van der Waals surface area contributed by atoms with E-state index in [0.29, 0.717) is 0 Å². The van der Waals surface area contributed by atoms with E-state index >= 15 is 0 Å². The van der Waals surface area contributed by atoms with Gasteiger partial charge < -0.3 is 10.4 Å². The van der Waals surface area contributed by atoms with Crippen LogP contribution in [0.3, 0.4) is 0 Å². The Bertz CT molecular complexity index is 450. The number of carbonyl (C=O) groups is 2. The van der Waals surface area contributed by atoms with Gasteiger partial charge in [-0.25, -0.2) is 4.39 Å². The van der Waals surface area contributed by atoms with Crippen molar-refractivity contribution in [2.45, 2.75) is 6.92 Å². The normalized spacial score (nSPS) is 11.9. The van der Waals surface area contributed by atoms with Crippen molar-refractivity contribution in [3.63, 3.8) is 0 Å². The van der Waals surface area contributed by atoms with Crippen molar-refractivity contribution in [3.05, 3.63) is 34.6 Å². The first-order valence-corrected chi connectivity index (χ1v) is 5.25. The Kier molecular flexibility index (Phi) is 4.45. The summed E-state index contributed by atoms with van der Waals surface area (Å²) in [6.07, 6.45) is 0. The highest BCUT2D eigenvalue weighted by Gasteiger charge is 2.15. The second-order valence-corrected chi connectivity index (χ2v) is 3.98. The van der Waals surface area contributed by atoms with E-state index in [2.05, 4.69) is 5.32 Å². The molecule has 4 nitrogen and oxygen atoms in total. The van der Waals surface area contributed by atoms with Crippen LogP contribution in [0.15, 0.2) is 18.2 Å². The Morgan fingerprint density at radius 1 is 1.53 bits per heavy atom. The van der Waals surface area contributed by atoms with Crippen LogP contribution in [0.5, 0.6) is 0 Å². The summed E-state index contributed by atoms with van der Waals surface area (Å²) >= 11 is 5.69. The van der Waals surface area contributed by atoms with Gasteiger partial charge in [-0.2, -0.15) is 0 Å². The number of carbonyl (C=O) groups excluding carboxylic acids is 1. The molecule has 0 heterocycles. The van der Waals surface area contributed by atoms with Crippen molar-refractivity contribution in [2.24, 2.45) is 5.92 Å². The average Bonchev–Trinajstić information content (AvgIpc) is 2.25. The van der Waals surface area contributed by atoms with E-state index in [0.717, 1.165) is 12.1 Å². The molecule has 0 aliphatic carbocycles. The van der Waals surface area contributed by atoms with Gasteiger partial charge in [-0.1, -0.05) is 18.5 Å². The minimum Gasteiger partial charge on any atom is -0.481 e. The second-order valence-electron chi connectivity index (χ2n) is 3.57. The molecule has 0 aromatic heterocycles. The number of carboxylic acids is 1. The molecule has 6 heteroatoms. The number of hydrogen-bond donors (Lipinski definition) is 2. The molecule has 17 heavy (non-hydrogen) atoms. The van der Waals surface area contributed by atoms with Crippen molar-refractivity contribution in [2.75, 3.05) is 6.54 Å². The lowest BCUT2D eigenvalue weighted by atomic mass is 10.1. The van der Waals surface area contributed by atoms with Crippen LogP contribution >= 0.6 is 11.6 Å². The molecule has 0 saturated carbocycles. The fourth-order valence-corrected chi connectivity index (χ4v) is 1.35. The van der Waals surface area contributed by atoms with Gasteiger partial charge in [0.2, 0.25) is 0 Å². The molecule has 2 N–H and O–H groups in total. The molecular formula is C11H11ClFNO3. The van der Waals surface area contributed by atoms with Crippen LogP contribution in [0.1, 0.15) is 17.3 Å². The molecule has 0 saturated heterocycles. The number of carboxylic acid groups (broad SMARTS) is 1. The first kappa shape index (κ1) is 13.4. The van der Waals surface area contributed by atoms with Crippen molar-refractivity contribution >= 4 is 23.5 Å². The summed E-state index contributed by atoms with van der Waals surface area (Å²) in [5, 5.41) is 11.0. The summed E-state index contributed by atoms with van der Waals surface area (Å²) in [5.74, 6) is -2.76. The van der Waals surface area contributed by atoms with Gasteiger partial charge in [-0.05, 0) is 18.2 Å². The zero-order valence-electron chi connectivity index (χ0n) is 9.04. The van der Waals surface area contributed by atoms with Crippen LogP contribution in [0, 0.1) is 11.7 Å². The zero-order chi connectivity index (χ0) is 13.0. The van der Waals surface area contributed by atoms with Gasteiger partial charge >= 0.3 is 5.97 Å². The van der Waals surface area contributed by atoms with Crippen molar-refractivity contribution in [3.8, 4) is 0 Å². The lowest BCUT2D eigenvalue weighted by molar-refractivity contribution is -0.140. The summed E-state index contributed by atoms with van der Waals surface area (Å²) in [6, 6.07) is 3.39. The SMILES string of the molecule is CC(CNC(=O)c1ccc(F)cc1Cl)C(=O)O. The number of aliphatic carboxylic acids is 1. The van der Waals surface area contributed by atoms with Gasteiger partial charge in [0.15, 0.2) is 0 Å². The molecule has 0 spiro atoms. The van der Waals surface area contributed by atoms with Crippen LogP contribution in [-0.4, -0.2) is 23.5 Å². The van der Waals surface area contributed by atoms with Gasteiger partial charge in [0.1, 0.15) is 5.82 Å². The average molecular weight is 260 g/mol. The fourth-order valence-electron chi connectivity index (χ4n) is 1.10. The first-order valence-electron chi connectivity index (χ1n) is 4.88.